The molecule has 3 heteroatoms. The predicted octanol–water partition coefficient (Wildman–Crippen LogP) is 3.79. The van der Waals surface area contributed by atoms with E-state index in [1.807, 2.05) is 6.92 Å². The van der Waals surface area contributed by atoms with Crippen LogP contribution in [0.25, 0.3) is 11.3 Å². The van der Waals surface area contributed by atoms with Crippen LogP contribution in [0.3, 0.4) is 0 Å². The molecule has 0 saturated heterocycles. The molecular weight excluding hydrogens is 198 g/mol. The summed E-state index contributed by atoms with van der Waals surface area (Å²) in [4.78, 5) is 0. The molecule has 15 heavy (non-hydrogen) atoms. The van der Waals surface area contributed by atoms with Crippen molar-refractivity contribution in [2.24, 2.45) is 0 Å². The lowest BCUT2D eigenvalue weighted by Gasteiger charge is -1.99. The van der Waals surface area contributed by atoms with Gasteiger partial charge in [-0.1, -0.05) is 13.0 Å². The zero-order valence-corrected chi connectivity index (χ0v) is 8.26. The average molecular weight is 208 g/mol. The SMILES string of the molecule is CCc1ccc(-c2cccc(F)c2F)o1. The van der Waals surface area contributed by atoms with E-state index in [4.69, 9.17) is 4.42 Å². The van der Waals surface area contributed by atoms with Gasteiger partial charge in [0, 0.05) is 6.42 Å². The van der Waals surface area contributed by atoms with E-state index in [1.165, 1.54) is 12.1 Å². The van der Waals surface area contributed by atoms with Gasteiger partial charge >= 0.3 is 0 Å². The minimum atomic E-state index is -0.866. The van der Waals surface area contributed by atoms with Gasteiger partial charge in [0.05, 0.1) is 5.56 Å². The zero-order valence-electron chi connectivity index (χ0n) is 8.26. The Morgan fingerprint density at radius 3 is 2.60 bits per heavy atom. The van der Waals surface area contributed by atoms with Gasteiger partial charge in [0.25, 0.3) is 0 Å². The maximum Gasteiger partial charge on any atom is 0.169 e. The van der Waals surface area contributed by atoms with Crippen molar-refractivity contribution in [1.82, 2.24) is 0 Å². The molecule has 0 fully saturated rings. The molecular formula is C12H10F2O. The molecule has 2 aromatic rings. The Bertz CT molecular complexity index is 474. The van der Waals surface area contributed by atoms with Crippen molar-refractivity contribution in [2.45, 2.75) is 13.3 Å². The lowest BCUT2D eigenvalue weighted by atomic mass is 10.1. The van der Waals surface area contributed by atoms with Gasteiger partial charge in [-0.15, -0.1) is 0 Å². The third-order valence-electron chi connectivity index (χ3n) is 2.23. The lowest BCUT2D eigenvalue weighted by molar-refractivity contribution is 0.496. The van der Waals surface area contributed by atoms with Gasteiger partial charge in [-0.2, -0.15) is 0 Å². The van der Waals surface area contributed by atoms with Gasteiger partial charge in [-0.25, -0.2) is 8.78 Å². The van der Waals surface area contributed by atoms with E-state index in [9.17, 15) is 8.78 Å². The normalized spacial score (nSPS) is 10.6. The van der Waals surface area contributed by atoms with E-state index in [0.717, 1.165) is 18.2 Å². The molecule has 1 aromatic carbocycles. The molecule has 0 aliphatic carbocycles. The number of hydrogen-bond acceptors (Lipinski definition) is 1. The summed E-state index contributed by atoms with van der Waals surface area (Å²) in [6.45, 7) is 1.94. The summed E-state index contributed by atoms with van der Waals surface area (Å²) in [6, 6.07) is 7.46. The molecule has 0 bridgehead atoms. The third-order valence-corrected chi connectivity index (χ3v) is 2.23. The largest absolute Gasteiger partial charge is 0.461 e. The van der Waals surface area contributed by atoms with Gasteiger partial charge in [0.15, 0.2) is 11.6 Å². The monoisotopic (exact) mass is 208 g/mol. The molecule has 0 atom stereocenters. The second-order valence-electron chi connectivity index (χ2n) is 3.22. The van der Waals surface area contributed by atoms with Gasteiger partial charge < -0.3 is 4.42 Å². The van der Waals surface area contributed by atoms with Crippen LogP contribution in [0.2, 0.25) is 0 Å². The van der Waals surface area contributed by atoms with Crippen LogP contribution >= 0.6 is 0 Å². The molecule has 0 radical (unpaired) electrons. The molecule has 1 heterocycles. The summed E-state index contributed by atoms with van der Waals surface area (Å²) in [6.07, 6.45) is 0.733. The van der Waals surface area contributed by atoms with Crippen molar-refractivity contribution in [2.75, 3.05) is 0 Å². The second-order valence-corrected chi connectivity index (χ2v) is 3.22. The molecule has 0 unspecified atom stereocenters. The first-order chi connectivity index (χ1) is 7.22. The molecule has 78 valence electrons. The van der Waals surface area contributed by atoms with Gasteiger partial charge in [-0.3, -0.25) is 0 Å². The first kappa shape index (κ1) is 9.90. The molecule has 0 aliphatic rings. The summed E-state index contributed by atoms with van der Waals surface area (Å²) in [5, 5.41) is 0. The smallest absolute Gasteiger partial charge is 0.169 e. The van der Waals surface area contributed by atoms with Crippen LogP contribution in [0.1, 0.15) is 12.7 Å². The number of benzene rings is 1. The Labute approximate surface area is 86.3 Å². The summed E-state index contributed by atoms with van der Waals surface area (Å²) in [5.74, 6) is -0.603. The van der Waals surface area contributed by atoms with Crippen molar-refractivity contribution < 1.29 is 13.2 Å². The summed E-state index contributed by atoms with van der Waals surface area (Å²) in [7, 11) is 0. The van der Waals surface area contributed by atoms with Crippen LogP contribution in [0.5, 0.6) is 0 Å². The molecule has 0 saturated carbocycles. The topological polar surface area (TPSA) is 13.1 Å². The van der Waals surface area contributed by atoms with Crippen molar-refractivity contribution in [3.63, 3.8) is 0 Å². The maximum absolute atomic E-state index is 13.4. The predicted molar refractivity (Wildman–Crippen MR) is 53.4 cm³/mol. The van der Waals surface area contributed by atoms with Gasteiger partial charge in [0.2, 0.25) is 0 Å². The first-order valence-electron chi connectivity index (χ1n) is 4.75. The van der Waals surface area contributed by atoms with E-state index < -0.39 is 11.6 Å². The van der Waals surface area contributed by atoms with Crippen LogP contribution < -0.4 is 0 Å². The van der Waals surface area contributed by atoms with Crippen LogP contribution in [0.15, 0.2) is 34.7 Å². The average Bonchev–Trinajstić information content (AvgIpc) is 2.70. The highest BCUT2D eigenvalue weighted by atomic mass is 19.2. The quantitative estimate of drug-likeness (QED) is 0.731. The minimum Gasteiger partial charge on any atom is -0.461 e. The van der Waals surface area contributed by atoms with E-state index in [1.54, 1.807) is 12.1 Å². The van der Waals surface area contributed by atoms with E-state index in [2.05, 4.69) is 0 Å². The van der Waals surface area contributed by atoms with Crippen LogP contribution in [-0.4, -0.2) is 0 Å². The molecule has 0 spiro atoms. The molecule has 2 rings (SSSR count). The Hall–Kier alpha value is -1.64. The van der Waals surface area contributed by atoms with Gasteiger partial charge in [-0.05, 0) is 24.3 Å². The van der Waals surface area contributed by atoms with E-state index in [-0.39, 0.29) is 5.56 Å². The van der Waals surface area contributed by atoms with Crippen LogP contribution in [-0.2, 0) is 6.42 Å². The molecule has 0 amide bonds. The molecule has 0 N–H and O–H groups in total. The van der Waals surface area contributed by atoms with E-state index >= 15 is 0 Å². The number of aryl methyl sites for hydroxylation is 1. The minimum absolute atomic E-state index is 0.162. The fourth-order valence-corrected chi connectivity index (χ4v) is 1.41. The van der Waals surface area contributed by atoms with E-state index in [0.29, 0.717) is 5.76 Å². The number of halogens is 2. The third kappa shape index (κ3) is 1.77. The Balaban J connectivity index is 2.49. The fraction of sp³-hybridized carbons (Fsp3) is 0.167. The molecule has 1 nitrogen and oxygen atoms in total. The second kappa shape index (κ2) is 3.85. The Morgan fingerprint density at radius 1 is 1.13 bits per heavy atom. The highest BCUT2D eigenvalue weighted by Crippen LogP contribution is 2.26. The Morgan fingerprint density at radius 2 is 1.93 bits per heavy atom. The highest BCUT2D eigenvalue weighted by molar-refractivity contribution is 5.58. The summed E-state index contributed by atoms with van der Waals surface area (Å²) in [5.41, 5.74) is 0.162. The van der Waals surface area contributed by atoms with Gasteiger partial charge in [0.1, 0.15) is 11.5 Å². The fourth-order valence-electron chi connectivity index (χ4n) is 1.41. The zero-order chi connectivity index (χ0) is 10.8. The van der Waals surface area contributed by atoms with Crippen molar-refractivity contribution in [1.29, 1.82) is 0 Å². The standard InChI is InChI=1S/C12H10F2O/c1-2-8-6-7-11(15-8)9-4-3-5-10(13)12(9)14/h3-7H,2H2,1H3. The number of rotatable bonds is 2. The Kier molecular flexibility index (Phi) is 2.54. The van der Waals surface area contributed by atoms with Crippen LogP contribution in [0, 0.1) is 11.6 Å². The molecule has 0 aliphatic heterocycles. The van der Waals surface area contributed by atoms with Crippen molar-refractivity contribution in [3.8, 4) is 11.3 Å². The lowest BCUT2D eigenvalue weighted by Crippen LogP contribution is -1.87. The summed E-state index contributed by atoms with van der Waals surface area (Å²) >= 11 is 0. The van der Waals surface area contributed by atoms with Crippen LogP contribution in [0.4, 0.5) is 8.78 Å². The van der Waals surface area contributed by atoms with Crippen molar-refractivity contribution in [3.05, 3.63) is 47.7 Å². The number of furan rings is 1. The number of hydrogen-bond donors (Lipinski definition) is 0. The first-order valence-corrected chi connectivity index (χ1v) is 4.75. The maximum atomic E-state index is 13.4. The van der Waals surface area contributed by atoms with Crippen molar-refractivity contribution >= 4 is 0 Å². The molecule has 1 aromatic heterocycles. The highest BCUT2D eigenvalue weighted by Gasteiger charge is 2.12. The summed E-state index contributed by atoms with van der Waals surface area (Å²) < 4.78 is 31.7.